The Morgan fingerprint density at radius 2 is 1.91 bits per heavy atom. The van der Waals surface area contributed by atoms with E-state index in [1.54, 1.807) is 13.0 Å². The molecule has 7 nitrogen and oxygen atoms in total. The van der Waals surface area contributed by atoms with E-state index in [1.165, 1.54) is 11.8 Å². The van der Waals surface area contributed by atoms with Gasteiger partial charge in [-0.1, -0.05) is 39.8 Å². The van der Waals surface area contributed by atoms with E-state index < -0.39 is 12.0 Å². The van der Waals surface area contributed by atoms with Crippen molar-refractivity contribution in [3.8, 4) is 5.75 Å². The summed E-state index contributed by atoms with van der Waals surface area (Å²) in [6.45, 7) is 7.62. The van der Waals surface area contributed by atoms with Crippen molar-refractivity contribution < 1.29 is 19.1 Å². The zero-order chi connectivity index (χ0) is 25.1. The molecule has 0 unspecified atom stereocenters. The maximum Gasteiger partial charge on any atom is 0.338 e. The molecule has 0 fully saturated rings. The van der Waals surface area contributed by atoms with Crippen LogP contribution in [0.4, 0.5) is 5.69 Å². The molecule has 2 heterocycles. The number of hydrogen-bond acceptors (Lipinski definition) is 7. The normalized spacial score (nSPS) is 16.7. The van der Waals surface area contributed by atoms with E-state index in [-0.39, 0.29) is 19.1 Å². The van der Waals surface area contributed by atoms with Crippen LogP contribution in [0.3, 0.4) is 0 Å². The Morgan fingerprint density at radius 1 is 1.17 bits per heavy atom. The number of esters is 1. The monoisotopic (exact) mass is 555 g/mol. The number of amidine groups is 1. The zero-order valence-corrected chi connectivity index (χ0v) is 22.3. The first-order valence-electron chi connectivity index (χ1n) is 11.2. The number of aryl methyl sites for hydroxylation is 2. The number of ether oxygens (including phenoxy) is 2. The summed E-state index contributed by atoms with van der Waals surface area (Å²) in [4.78, 5) is 32.0. The van der Waals surface area contributed by atoms with Crippen molar-refractivity contribution in [3.05, 3.63) is 80.4 Å². The maximum absolute atomic E-state index is 12.8. The van der Waals surface area contributed by atoms with E-state index in [0.717, 1.165) is 32.0 Å². The van der Waals surface area contributed by atoms with Crippen LogP contribution in [-0.2, 0) is 14.3 Å². The second-order valence-corrected chi connectivity index (χ2v) is 9.94. The molecule has 182 valence electrons. The summed E-state index contributed by atoms with van der Waals surface area (Å²) in [5.74, 6) is -0.116. The third kappa shape index (κ3) is 5.46. The van der Waals surface area contributed by atoms with Crippen molar-refractivity contribution in [2.24, 2.45) is 4.99 Å². The van der Waals surface area contributed by atoms with Crippen LogP contribution in [0.2, 0.25) is 0 Å². The minimum absolute atomic E-state index is 0.144. The highest BCUT2D eigenvalue weighted by molar-refractivity contribution is 9.10. The fraction of sp³-hybridized carbons (Fsp3) is 0.269. The van der Waals surface area contributed by atoms with Gasteiger partial charge in [-0.05, 0) is 74.1 Å². The number of carbonyl (C=O) groups excluding carboxylic acids is 2. The maximum atomic E-state index is 12.8. The molecule has 35 heavy (non-hydrogen) atoms. The first kappa shape index (κ1) is 25.1. The van der Waals surface area contributed by atoms with Crippen molar-refractivity contribution in [1.82, 2.24) is 4.90 Å². The van der Waals surface area contributed by atoms with Crippen LogP contribution < -0.4 is 10.1 Å². The Morgan fingerprint density at radius 3 is 2.63 bits per heavy atom. The molecule has 0 saturated carbocycles. The van der Waals surface area contributed by atoms with Gasteiger partial charge in [-0.25, -0.2) is 9.79 Å². The molecule has 1 N–H and O–H groups in total. The van der Waals surface area contributed by atoms with Gasteiger partial charge in [-0.15, -0.1) is 0 Å². The van der Waals surface area contributed by atoms with Crippen molar-refractivity contribution >= 4 is 50.4 Å². The predicted octanol–water partition coefficient (Wildman–Crippen LogP) is 5.85. The van der Waals surface area contributed by atoms with E-state index in [4.69, 9.17) is 9.47 Å². The molecule has 0 bridgehead atoms. The number of hydrogen-bond donors (Lipinski definition) is 1. The van der Waals surface area contributed by atoms with Gasteiger partial charge >= 0.3 is 5.97 Å². The summed E-state index contributed by atoms with van der Waals surface area (Å²) < 4.78 is 12.1. The average Bonchev–Trinajstić information content (AvgIpc) is 3.27. The summed E-state index contributed by atoms with van der Waals surface area (Å²) in [5.41, 5.74) is 4.66. The number of nitrogens with one attached hydrogen (secondary N) is 1. The third-order valence-corrected chi connectivity index (χ3v) is 6.85. The fourth-order valence-electron chi connectivity index (χ4n) is 4.10. The molecule has 0 aromatic heterocycles. The highest BCUT2D eigenvalue weighted by Crippen LogP contribution is 2.41. The van der Waals surface area contributed by atoms with Gasteiger partial charge in [0.1, 0.15) is 5.75 Å². The minimum atomic E-state index is -0.404. The Hall–Kier alpha value is -3.04. The summed E-state index contributed by atoms with van der Waals surface area (Å²) in [7, 11) is 0. The largest absolute Gasteiger partial charge is 0.484 e. The lowest BCUT2D eigenvalue weighted by Gasteiger charge is -2.33. The van der Waals surface area contributed by atoms with E-state index in [1.807, 2.05) is 67.6 Å². The zero-order valence-electron chi connectivity index (χ0n) is 19.9. The summed E-state index contributed by atoms with van der Waals surface area (Å²) in [5, 5.41) is 5.67. The van der Waals surface area contributed by atoms with Crippen LogP contribution >= 0.6 is 27.7 Å². The van der Waals surface area contributed by atoms with Crippen LogP contribution in [0, 0.1) is 13.8 Å². The number of thioether (sulfide) groups is 1. The molecule has 2 aromatic carbocycles. The lowest BCUT2D eigenvalue weighted by atomic mass is 9.94. The van der Waals surface area contributed by atoms with Gasteiger partial charge in [-0.3, -0.25) is 4.79 Å². The van der Waals surface area contributed by atoms with Crippen LogP contribution in [0.1, 0.15) is 36.6 Å². The lowest BCUT2D eigenvalue weighted by Crippen LogP contribution is -2.34. The van der Waals surface area contributed by atoms with Gasteiger partial charge in [-0.2, -0.15) is 0 Å². The van der Waals surface area contributed by atoms with Crippen LogP contribution in [0.15, 0.2) is 68.7 Å². The predicted molar refractivity (Wildman–Crippen MR) is 142 cm³/mol. The smallest absolute Gasteiger partial charge is 0.338 e. The number of allylic oxidation sites excluding steroid dienone is 1. The number of anilines is 1. The van der Waals surface area contributed by atoms with Crippen molar-refractivity contribution in [2.45, 2.75) is 33.7 Å². The highest BCUT2D eigenvalue weighted by atomic mass is 79.9. The van der Waals surface area contributed by atoms with Gasteiger partial charge in [0, 0.05) is 16.4 Å². The summed E-state index contributed by atoms with van der Waals surface area (Å²) in [6.07, 6.45) is 1.91. The van der Waals surface area contributed by atoms with Crippen LogP contribution in [-0.4, -0.2) is 35.2 Å². The topological polar surface area (TPSA) is 80.2 Å². The molecule has 1 amide bonds. The molecular weight excluding hydrogens is 530 g/mol. The highest BCUT2D eigenvalue weighted by Gasteiger charge is 2.37. The molecule has 0 saturated heterocycles. The Labute approximate surface area is 217 Å². The number of benzene rings is 2. The van der Waals surface area contributed by atoms with E-state index >= 15 is 0 Å². The quantitative estimate of drug-likeness (QED) is 0.431. The number of rotatable bonds is 7. The van der Waals surface area contributed by atoms with Gasteiger partial charge in [0.15, 0.2) is 11.8 Å². The molecule has 4 rings (SSSR count). The second-order valence-electron chi connectivity index (χ2n) is 8.15. The van der Waals surface area contributed by atoms with Gasteiger partial charge in [0.05, 0.1) is 23.9 Å². The number of carbonyl (C=O) groups is 2. The molecular formula is C26H26BrN3O4S. The standard InChI is InChI=1S/C26H26BrN3O4S/c1-5-33-25(32)22-17(4)28-26-30(9-10-35-26)24(22)18-7-6-8-20(13-18)34-14-21(31)29-23-15(2)11-19(27)12-16(23)3/h6-13,24H,5,14H2,1-4H3,(H,29,31)/t24-/m1/s1. The number of amides is 1. The average molecular weight is 556 g/mol. The van der Waals surface area contributed by atoms with Crippen LogP contribution in [0.5, 0.6) is 5.75 Å². The number of nitrogens with zero attached hydrogens (tertiary/aromatic N) is 2. The molecule has 0 spiro atoms. The third-order valence-electron chi connectivity index (χ3n) is 5.62. The molecule has 0 radical (unpaired) electrons. The summed E-state index contributed by atoms with van der Waals surface area (Å²) >= 11 is 4.97. The lowest BCUT2D eigenvalue weighted by molar-refractivity contribution is -0.139. The van der Waals surface area contributed by atoms with Crippen molar-refractivity contribution in [1.29, 1.82) is 0 Å². The number of aliphatic imine (C=N–C) groups is 1. The Bertz CT molecular complexity index is 1250. The fourth-order valence-corrected chi connectivity index (χ4v) is 5.58. The van der Waals surface area contributed by atoms with E-state index in [2.05, 4.69) is 26.2 Å². The Balaban J connectivity index is 1.53. The van der Waals surface area contributed by atoms with E-state index in [0.29, 0.717) is 17.0 Å². The Kier molecular flexibility index (Phi) is 7.66. The molecule has 2 aliphatic heterocycles. The summed E-state index contributed by atoms with van der Waals surface area (Å²) in [6, 6.07) is 10.9. The van der Waals surface area contributed by atoms with Gasteiger partial charge in [0.25, 0.3) is 5.91 Å². The molecule has 2 aliphatic rings. The SMILES string of the molecule is CCOC(=O)C1=C(C)N=C2SC=CN2[C@@H]1c1cccc(OCC(=O)Nc2c(C)cc(Br)cc2C)c1. The molecule has 9 heteroatoms. The first-order chi connectivity index (χ1) is 16.8. The number of halogens is 1. The minimum Gasteiger partial charge on any atom is -0.484 e. The number of fused-ring (bicyclic) bond motifs is 1. The second kappa shape index (κ2) is 10.7. The molecule has 2 aromatic rings. The van der Waals surface area contributed by atoms with Gasteiger partial charge in [0.2, 0.25) is 0 Å². The molecule has 1 atom stereocenters. The van der Waals surface area contributed by atoms with Crippen LogP contribution in [0.25, 0.3) is 0 Å². The van der Waals surface area contributed by atoms with E-state index in [9.17, 15) is 9.59 Å². The van der Waals surface area contributed by atoms with Crippen molar-refractivity contribution in [2.75, 3.05) is 18.5 Å². The first-order valence-corrected chi connectivity index (χ1v) is 12.8. The molecule has 0 aliphatic carbocycles. The van der Waals surface area contributed by atoms with Crippen molar-refractivity contribution in [3.63, 3.8) is 0 Å². The van der Waals surface area contributed by atoms with Gasteiger partial charge < -0.3 is 19.7 Å².